The smallest absolute Gasteiger partial charge is 0.422 e. The average molecular weight is 407 g/mol. The maximum Gasteiger partial charge on any atom is 0.422 e. The van der Waals surface area contributed by atoms with Crippen molar-refractivity contribution in [3.63, 3.8) is 0 Å². The third-order valence-electron chi connectivity index (χ3n) is 4.04. The molecule has 0 spiro atoms. The van der Waals surface area contributed by atoms with Crippen molar-refractivity contribution in [2.75, 3.05) is 13.2 Å². The van der Waals surface area contributed by atoms with E-state index in [0.29, 0.717) is 40.9 Å². The Labute approximate surface area is 164 Å². The molecule has 29 heavy (non-hydrogen) atoms. The van der Waals surface area contributed by atoms with E-state index in [0.717, 1.165) is 5.56 Å². The highest BCUT2D eigenvalue weighted by Gasteiger charge is 2.29. The van der Waals surface area contributed by atoms with Crippen LogP contribution in [0.4, 0.5) is 13.2 Å². The predicted molar refractivity (Wildman–Crippen MR) is 99.9 cm³/mol. The zero-order valence-corrected chi connectivity index (χ0v) is 16.2. The first-order valence-corrected chi connectivity index (χ1v) is 8.94. The van der Waals surface area contributed by atoms with Crippen molar-refractivity contribution in [3.05, 3.63) is 47.0 Å². The van der Waals surface area contributed by atoms with Crippen LogP contribution in [-0.4, -0.2) is 45.0 Å². The highest BCUT2D eigenvalue weighted by molar-refractivity contribution is 6.04. The van der Waals surface area contributed by atoms with Gasteiger partial charge >= 0.3 is 6.18 Å². The van der Waals surface area contributed by atoms with E-state index in [1.54, 1.807) is 36.9 Å². The molecule has 0 fully saturated rings. The van der Waals surface area contributed by atoms with Crippen LogP contribution in [0.15, 0.2) is 24.5 Å². The fourth-order valence-corrected chi connectivity index (χ4v) is 2.89. The SMILES string of the molecule is CCNC(=O)c1nc(C)cc2nn(Cc3cnc(OCC(F)(F)F)c(C)c3)cc12. The minimum absolute atomic E-state index is 0.0601. The Morgan fingerprint density at radius 1 is 1.28 bits per heavy atom. The van der Waals surface area contributed by atoms with Gasteiger partial charge in [-0.3, -0.25) is 9.48 Å². The number of alkyl halides is 3. The van der Waals surface area contributed by atoms with Gasteiger partial charge in [0.1, 0.15) is 5.69 Å². The summed E-state index contributed by atoms with van der Waals surface area (Å²) in [7, 11) is 0. The Hall–Kier alpha value is -3.17. The summed E-state index contributed by atoms with van der Waals surface area (Å²) >= 11 is 0. The number of hydrogen-bond acceptors (Lipinski definition) is 5. The van der Waals surface area contributed by atoms with Gasteiger partial charge in [0.25, 0.3) is 5.91 Å². The lowest BCUT2D eigenvalue weighted by Crippen LogP contribution is -2.24. The molecule has 154 valence electrons. The van der Waals surface area contributed by atoms with Crippen LogP contribution in [0.3, 0.4) is 0 Å². The van der Waals surface area contributed by atoms with Crippen LogP contribution in [0.25, 0.3) is 10.9 Å². The number of aryl methyl sites for hydroxylation is 2. The topological polar surface area (TPSA) is 81.9 Å². The van der Waals surface area contributed by atoms with E-state index in [1.807, 2.05) is 6.92 Å². The van der Waals surface area contributed by atoms with E-state index in [4.69, 9.17) is 4.74 Å². The molecule has 0 aromatic carbocycles. The summed E-state index contributed by atoms with van der Waals surface area (Å²) in [5.74, 6) is -0.334. The third-order valence-corrected chi connectivity index (χ3v) is 4.04. The van der Waals surface area contributed by atoms with Crippen molar-refractivity contribution in [1.82, 2.24) is 25.1 Å². The molecule has 0 aliphatic carbocycles. The molecule has 0 aliphatic heterocycles. The molecule has 0 atom stereocenters. The van der Waals surface area contributed by atoms with E-state index < -0.39 is 12.8 Å². The van der Waals surface area contributed by atoms with Gasteiger partial charge in [-0.2, -0.15) is 18.3 Å². The third kappa shape index (κ3) is 5.01. The van der Waals surface area contributed by atoms with Crippen LogP contribution in [0.5, 0.6) is 5.88 Å². The molecule has 7 nitrogen and oxygen atoms in total. The number of halogens is 3. The van der Waals surface area contributed by atoms with Gasteiger partial charge in [-0.1, -0.05) is 0 Å². The molecule has 3 rings (SSSR count). The molecule has 0 saturated heterocycles. The number of nitrogens with one attached hydrogen (secondary N) is 1. The first-order chi connectivity index (χ1) is 13.7. The Balaban J connectivity index is 1.84. The molecule has 3 heterocycles. The first-order valence-electron chi connectivity index (χ1n) is 8.94. The van der Waals surface area contributed by atoms with Gasteiger partial charge in [0.2, 0.25) is 5.88 Å². The van der Waals surface area contributed by atoms with Crippen molar-refractivity contribution >= 4 is 16.8 Å². The largest absolute Gasteiger partial charge is 0.468 e. The molecule has 0 saturated carbocycles. The maximum absolute atomic E-state index is 12.3. The van der Waals surface area contributed by atoms with Gasteiger partial charge in [0.05, 0.1) is 17.4 Å². The van der Waals surface area contributed by atoms with Crippen molar-refractivity contribution in [2.24, 2.45) is 0 Å². The number of nitrogens with zero attached hydrogens (tertiary/aromatic N) is 4. The second kappa shape index (κ2) is 8.06. The maximum atomic E-state index is 12.3. The number of hydrogen-bond donors (Lipinski definition) is 1. The summed E-state index contributed by atoms with van der Waals surface area (Å²) in [6.07, 6.45) is -1.26. The second-order valence-electron chi connectivity index (χ2n) is 6.60. The van der Waals surface area contributed by atoms with Gasteiger partial charge in [0, 0.05) is 30.2 Å². The molecule has 1 amide bonds. The number of fused-ring (bicyclic) bond motifs is 1. The molecular formula is C19H20F3N5O2. The summed E-state index contributed by atoms with van der Waals surface area (Å²) < 4.78 is 43.3. The van der Waals surface area contributed by atoms with E-state index in [9.17, 15) is 18.0 Å². The number of amides is 1. The fraction of sp³-hybridized carbons (Fsp3) is 0.368. The van der Waals surface area contributed by atoms with Gasteiger partial charge in [0.15, 0.2) is 6.61 Å². The number of ether oxygens (including phenoxy) is 1. The standard InChI is InChI=1S/C19H20F3N5O2/c1-4-23-17(28)16-14-9-27(26-15(14)6-12(3)25-16)8-13-5-11(2)18(24-7-13)29-10-19(20,21)22/h5-7,9H,4,8,10H2,1-3H3,(H,23,28). The Morgan fingerprint density at radius 2 is 2.03 bits per heavy atom. The summed E-state index contributed by atoms with van der Waals surface area (Å²) in [6.45, 7) is 4.66. The van der Waals surface area contributed by atoms with Crippen LogP contribution < -0.4 is 10.1 Å². The van der Waals surface area contributed by atoms with Gasteiger partial charge < -0.3 is 10.1 Å². The summed E-state index contributed by atoms with van der Waals surface area (Å²) in [6, 6.07) is 3.48. The van der Waals surface area contributed by atoms with E-state index in [-0.39, 0.29) is 11.8 Å². The van der Waals surface area contributed by atoms with E-state index in [2.05, 4.69) is 20.4 Å². The second-order valence-corrected chi connectivity index (χ2v) is 6.60. The van der Waals surface area contributed by atoms with Crippen molar-refractivity contribution in [2.45, 2.75) is 33.5 Å². The lowest BCUT2D eigenvalue weighted by atomic mass is 10.2. The summed E-state index contributed by atoms with van der Waals surface area (Å²) in [4.78, 5) is 20.6. The highest BCUT2D eigenvalue weighted by Crippen LogP contribution is 2.22. The van der Waals surface area contributed by atoms with E-state index >= 15 is 0 Å². The zero-order chi connectivity index (χ0) is 21.2. The highest BCUT2D eigenvalue weighted by atomic mass is 19.4. The molecule has 0 bridgehead atoms. The number of pyridine rings is 2. The number of carbonyl (C=O) groups is 1. The molecule has 3 aromatic rings. The molecule has 0 radical (unpaired) electrons. The fourth-order valence-electron chi connectivity index (χ4n) is 2.89. The zero-order valence-electron chi connectivity index (χ0n) is 16.2. The first kappa shape index (κ1) is 20.6. The molecule has 3 aromatic heterocycles. The summed E-state index contributed by atoms with van der Waals surface area (Å²) in [5, 5.41) is 7.84. The van der Waals surface area contributed by atoms with Crippen molar-refractivity contribution in [1.29, 1.82) is 0 Å². The quantitative estimate of drug-likeness (QED) is 0.679. The van der Waals surface area contributed by atoms with Gasteiger partial charge in [-0.05, 0) is 38.5 Å². The normalized spacial score (nSPS) is 11.7. The lowest BCUT2D eigenvalue weighted by molar-refractivity contribution is -0.154. The lowest BCUT2D eigenvalue weighted by Gasteiger charge is -2.11. The molecule has 0 unspecified atom stereocenters. The number of carbonyl (C=O) groups excluding carboxylic acids is 1. The Bertz CT molecular complexity index is 1050. The Morgan fingerprint density at radius 3 is 2.69 bits per heavy atom. The van der Waals surface area contributed by atoms with E-state index in [1.165, 1.54) is 6.20 Å². The van der Waals surface area contributed by atoms with Crippen molar-refractivity contribution in [3.8, 4) is 5.88 Å². The number of rotatable bonds is 6. The minimum Gasteiger partial charge on any atom is -0.468 e. The van der Waals surface area contributed by atoms with Crippen LogP contribution in [0.1, 0.15) is 34.2 Å². The van der Waals surface area contributed by atoms with Gasteiger partial charge in [-0.25, -0.2) is 9.97 Å². The van der Waals surface area contributed by atoms with Crippen LogP contribution >= 0.6 is 0 Å². The van der Waals surface area contributed by atoms with Crippen LogP contribution in [-0.2, 0) is 6.54 Å². The predicted octanol–water partition coefficient (Wildman–Crippen LogP) is 3.18. The molecular weight excluding hydrogens is 387 g/mol. The molecule has 1 N–H and O–H groups in total. The molecule has 0 aliphatic rings. The van der Waals surface area contributed by atoms with Crippen LogP contribution in [0, 0.1) is 13.8 Å². The minimum atomic E-state index is -4.42. The average Bonchev–Trinajstić information content (AvgIpc) is 3.01. The monoisotopic (exact) mass is 407 g/mol. The summed E-state index contributed by atoms with van der Waals surface area (Å²) in [5.41, 5.74) is 2.84. The number of aromatic nitrogens is 4. The molecule has 10 heteroatoms. The van der Waals surface area contributed by atoms with Gasteiger partial charge in [-0.15, -0.1) is 0 Å². The Kier molecular flexibility index (Phi) is 5.71. The van der Waals surface area contributed by atoms with Crippen LogP contribution in [0.2, 0.25) is 0 Å². The van der Waals surface area contributed by atoms with Crippen molar-refractivity contribution < 1.29 is 22.7 Å².